The van der Waals surface area contributed by atoms with Crippen LogP contribution in [0.15, 0.2) is 29.8 Å². The topological polar surface area (TPSA) is 87.1 Å². The first-order chi connectivity index (χ1) is 23.5. The number of carbonyl (C=O) groups is 2. The summed E-state index contributed by atoms with van der Waals surface area (Å²) in [5.41, 5.74) is 2.64. The molecule has 0 saturated heterocycles. The quantitative estimate of drug-likeness (QED) is 0.223. The molecule has 6 heteroatoms. The van der Waals surface area contributed by atoms with Crippen LogP contribution < -0.4 is 0 Å². The maximum absolute atomic E-state index is 14.4. The van der Waals surface area contributed by atoms with Crippen molar-refractivity contribution < 1.29 is 24.5 Å². The van der Waals surface area contributed by atoms with Crippen molar-refractivity contribution in [2.45, 2.75) is 154 Å². The van der Waals surface area contributed by atoms with Gasteiger partial charge >= 0.3 is 6.09 Å². The lowest BCUT2D eigenvalue weighted by molar-refractivity contribution is -0.103. The third-order valence-corrected chi connectivity index (χ3v) is 14.6. The molecule has 1 aromatic carbocycles. The van der Waals surface area contributed by atoms with Gasteiger partial charge in [-0.15, -0.1) is 0 Å². The van der Waals surface area contributed by atoms with Gasteiger partial charge in [-0.3, -0.25) is 4.79 Å². The van der Waals surface area contributed by atoms with E-state index in [1.807, 2.05) is 11.8 Å². The lowest BCUT2D eigenvalue weighted by Gasteiger charge is -2.58. The molecule has 0 aromatic heterocycles. The molecule has 1 amide bonds. The second-order valence-electron chi connectivity index (χ2n) is 18.1. The van der Waals surface area contributed by atoms with E-state index in [1.165, 1.54) is 50.5 Å². The molecule has 6 bridgehead atoms. The Labute approximate surface area is 295 Å². The third kappa shape index (κ3) is 7.04. The molecule has 9 rings (SSSR count). The summed E-state index contributed by atoms with van der Waals surface area (Å²) in [6.07, 6.45) is 19.5. The number of hydrogen-bond donors (Lipinski definition) is 2. The van der Waals surface area contributed by atoms with Crippen LogP contribution in [0.5, 0.6) is 0 Å². The summed E-state index contributed by atoms with van der Waals surface area (Å²) in [5, 5.41) is 24.1. The second-order valence-corrected chi connectivity index (χ2v) is 18.1. The average Bonchev–Trinajstić information content (AvgIpc) is 3.31. The van der Waals surface area contributed by atoms with E-state index in [-0.39, 0.29) is 35.7 Å². The van der Waals surface area contributed by atoms with E-state index in [9.17, 15) is 19.8 Å². The maximum atomic E-state index is 14.4. The van der Waals surface area contributed by atoms with Crippen molar-refractivity contribution in [2.24, 2.45) is 34.5 Å². The number of ketones is 1. The molecule has 6 fully saturated rings. The molecule has 0 heterocycles. The zero-order valence-electron chi connectivity index (χ0n) is 30.7. The first-order valence-corrected chi connectivity index (χ1v) is 20.1. The molecule has 270 valence electrons. The number of rotatable bonds is 7. The third-order valence-electron chi connectivity index (χ3n) is 14.6. The molecule has 1 aromatic rings. The Balaban J connectivity index is 1.25. The van der Waals surface area contributed by atoms with Crippen molar-refractivity contribution in [3.63, 3.8) is 0 Å². The average molecular weight is 674 g/mol. The highest BCUT2D eigenvalue weighted by atomic mass is 16.6. The van der Waals surface area contributed by atoms with Crippen LogP contribution in [0, 0.1) is 34.5 Å². The number of benzene rings is 1. The fourth-order valence-corrected chi connectivity index (χ4v) is 12.4. The SMILES string of the molecule is CCOC(=O)N(CC12CC3CC(CC(C3)C1)C2)C[C@]1(O)CC[C@H]2c3ccc(cc3C(=O)C3CCCCC3)C[C@@H](O)CCC(C)=CCC[C@@]21C. The number of fused-ring (bicyclic) bond motifs is 8. The van der Waals surface area contributed by atoms with E-state index < -0.39 is 17.1 Å². The molecule has 6 nitrogen and oxygen atoms in total. The van der Waals surface area contributed by atoms with Crippen LogP contribution in [0.2, 0.25) is 0 Å². The summed E-state index contributed by atoms with van der Waals surface area (Å²) in [7, 11) is 0. The minimum absolute atomic E-state index is 0.0146. The number of allylic oxidation sites excluding steroid dienone is 2. The van der Waals surface area contributed by atoms with Crippen molar-refractivity contribution in [2.75, 3.05) is 19.7 Å². The van der Waals surface area contributed by atoms with E-state index in [1.54, 1.807) is 0 Å². The lowest BCUT2D eigenvalue weighted by atomic mass is 9.49. The fraction of sp³-hybridized carbons (Fsp3) is 0.767. The molecule has 0 spiro atoms. The van der Waals surface area contributed by atoms with Gasteiger partial charge in [-0.05, 0) is 156 Å². The molecular weight excluding hydrogens is 610 g/mol. The van der Waals surface area contributed by atoms with Crippen molar-refractivity contribution in [3.05, 3.63) is 46.5 Å². The van der Waals surface area contributed by atoms with Gasteiger partial charge in [-0.25, -0.2) is 4.79 Å². The van der Waals surface area contributed by atoms with E-state index >= 15 is 0 Å². The number of carbonyl (C=O) groups excluding carboxylic acids is 2. The van der Waals surface area contributed by atoms with Crippen molar-refractivity contribution in [3.8, 4) is 0 Å². The second kappa shape index (κ2) is 14.1. The molecule has 2 N–H and O–H groups in total. The van der Waals surface area contributed by atoms with Crippen LogP contribution in [0.4, 0.5) is 4.79 Å². The summed E-state index contributed by atoms with van der Waals surface area (Å²) in [4.78, 5) is 30.2. The van der Waals surface area contributed by atoms with Crippen LogP contribution in [0.25, 0.3) is 0 Å². The molecule has 8 aliphatic carbocycles. The molecule has 6 saturated carbocycles. The Hall–Kier alpha value is -2.18. The van der Waals surface area contributed by atoms with Gasteiger partial charge in [-0.2, -0.15) is 0 Å². The van der Waals surface area contributed by atoms with Gasteiger partial charge in [0.25, 0.3) is 0 Å². The van der Waals surface area contributed by atoms with E-state index in [4.69, 9.17) is 4.74 Å². The normalized spacial score (nSPS) is 37.7. The Kier molecular flexibility index (Phi) is 10.1. The van der Waals surface area contributed by atoms with E-state index in [2.05, 4.69) is 38.1 Å². The van der Waals surface area contributed by atoms with Gasteiger partial charge in [-0.1, -0.05) is 50.0 Å². The molecule has 0 unspecified atom stereocenters. The summed E-state index contributed by atoms with van der Waals surface area (Å²) >= 11 is 0. The highest BCUT2D eigenvalue weighted by molar-refractivity contribution is 5.99. The molecule has 0 aliphatic heterocycles. The number of hydrogen-bond acceptors (Lipinski definition) is 5. The maximum Gasteiger partial charge on any atom is 0.409 e. The highest BCUT2D eigenvalue weighted by Crippen LogP contribution is 2.62. The van der Waals surface area contributed by atoms with Gasteiger partial charge in [0.2, 0.25) is 0 Å². The predicted molar refractivity (Wildman–Crippen MR) is 194 cm³/mol. The predicted octanol–water partition coefficient (Wildman–Crippen LogP) is 9.16. The number of nitrogens with zero attached hydrogens (tertiary/aromatic N) is 1. The summed E-state index contributed by atoms with van der Waals surface area (Å²) in [6, 6.07) is 6.39. The lowest BCUT2D eigenvalue weighted by Crippen LogP contribution is -2.58. The van der Waals surface area contributed by atoms with Crippen LogP contribution in [-0.4, -0.2) is 58.4 Å². The summed E-state index contributed by atoms with van der Waals surface area (Å²) in [5.74, 6) is 2.63. The Morgan fingerprint density at radius 1 is 0.939 bits per heavy atom. The largest absolute Gasteiger partial charge is 0.450 e. The van der Waals surface area contributed by atoms with Gasteiger partial charge in [0.1, 0.15) is 0 Å². The summed E-state index contributed by atoms with van der Waals surface area (Å²) in [6.45, 7) is 7.57. The van der Waals surface area contributed by atoms with Gasteiger partial charge in [0.05, 0.1) is 24.9 Å². The number of aliphatic hydroxyl groups excluding tert-OH is 1. The zero-order chi connectivity index (χ0) is 34.4. The Morgan fingerprint density at radius 3 is 2.31 bits per heavy atom. The van der Waals surface area contributed by atoms with Crippen LogP contribution in [-0.2, 0) is 11.2 Å². The first-order valence-electron chi connectivity index (χ1n) is 20.1. The molecule has 0 radical (unpaired) electrons. The van der Waals surface area contributed by atoms with E-state index in [0.717, 1.165) is 85.8 Å². The van der Waals surface area contributed by atoms with Crippen LogP contribution in [0.1, 0.15) is 157 Å². The molecule has 49 heavy (non-hydrogen) atoms. The molecule has 4 atom stereocenters. The van der Waals surface area contributed by atoms with Gasteiger partial charge in [0.15, 0.2) is 5.78 Å². The Bertz CT molecular complexity index is 1380. The Morgan fingerprint density at radius 2 is 1.63 bits per heavy atom. The van der Waals surface area contributed by atoms with Crippen LogP contribution >= 0.6 is 0 Å². The summed E-state index contributed by atoms with van der Waals surface area (Å²) < 4.78 is 5.74. The molecular formula is C43H63NO5. The van der Waals surface area contributed by atoms with Gasteiger partial charge < -0.3 is 19.8 Å². The number of ether oxygens (including phenoxy) is 1. The van der Waals surface area contributed by atoms with Crippen molar-refractivity contribution >= 4 is 11.9 Å². The van der Waals surface area contributed by atoms with Gasteiger partial charge in [0, 0.05) is 23.4 Å². The first kappa shape index (κ1) is 35.2. The zero-order valence-corrected chi connectivity index (χ0v) is 30.7. The minimum Gasteiger partial charge on any atom is -0.450 e. The van der Waals surface area contributed by atoms with Crippen molar-refractivity contribution in [1.29, 1.82) is 0 Å². The smallest absolute Gasteiger partial charge is 0.409 e. The standard InChI is InChI=1S/C43H63NO5/c1-4-49-40(47)44(27-42-24-31-19-32(25-42)21-33(20-31)26-42)28-43(48)18-16-38-36-15-13-30(23-37(36)39(46)34-10-6-5-7-11-34)22-35(45)14-12-29(2)9-8-17-41(38,43)3/h9,13,15,23,31-35,38,45,48H,4-8,10-12,14,16-22,24-28H2,1-3H3/t31?,32?,33?,35-,38-,41-,42?,43+/m0/s1. The van der Waals surface area contributed by atoms with E-state index in [0.29, 0.717) is 32.4 Å². The minimum atomic E-state index is -1.12. The number of Topliss-reactive ketones (excluding diaryl/α,β-unsaturated/α-hetero) is 1. The van der Waals surface area contributed by atoms with Crippen LogP contribution in [0.3, 0.4) is 0 Å². The highest BCUT2D eigenvalue weighted by Gasteiger charge is 2.59. The fourth-order valence-electron chi connectivity index (χ4n) is 12.4. The number of aliphatic hydroxyl groups is 2. The molecule has 8 aliphatic rings. The van der Waals surface area contributed by atoms with Crippen molar-refractivity contribution in [1.82, 2.24) is 4.90 Å². The number of amides is 1. The monoisotopic (exact) mass is 673 g/mol.